The average Bonchev–Trinajstić information content (AvgIpc) is 2.42. The Balaban J connectivity index is 2.94. The van der Waals surface area contributed by atoms with Crippen LogP contribution in [0.1, 0.15) is 26.3 Å². The van der Waals surface area contributed by atoms with Crippen molar-refractivity contribution in [1.29, 1.82) is 0 Å². The van der Waals surface area contributed by atoms with Gasteiger partial charge in [-0.25, -0.2) is 0 Å². The van der Waals surface area contributed by atoms with E-state index in [9.17, 15) is 4.79 Å². The van der Waals surface area contributed by atoms with Gasteiger partial charge in [-0.1, -0.05) is 20.8 Å². The summed E-state index contributed by atoms with van der Waals surface area (Å²) in [4.78, 5) is 11.9. The maximum Gasteiger partial charge on any atom is 0.225 e. The number of nitrogens with one attached hydrogen (secondary N) is 1. The molecule has 1 amide bonds. The zero-order chi connectivity index (χ0) is 15.3. The Hall–Kier alpha value is -1.91. The minimum atomic E-state index is -0.416. The summed E-state index contributed by atoms with van der Waals surface area (Å²) in [6.07, 6.45) is 0. The molecule has 1 rings (SSSR count). The van der Waals surface area contributed by atoms with Crippen LogP contribution >= 0.6 is 0 Å². The van der Waals surface area contributed by atoms with Gasteiger partial charge in [-0.2, -0.15) is 0 Å². The predicted molar refractivity (Wildman–Crippen MR) is 77.4 cm³/mol. The van der Waals surface area contributed by atoms with Crippen LogP contribution in [0.15, 0.2) is 12.1 Å². The number of methoxy groups -OCH3 is 3. The smallest absolute Gasteiger partial charge is 0.225 e. The Labute approximate surface area is 120 Å². The van der Waals surface area contributed by atoms with E-state index in [2.05, 4.69) is 5.32 Å². The molecule has 20 heavy (non-hydrogen) atoms. The molecule has 0 spiro atoms. The van der Waals surface area contributed by atoms with E-state index in [0.29, 0.717) is 23.8 Å². The lowest BCUT2D eigenvalue weighted by molar-refractivity contribution is -0.128. The van der Waals surface area contributed by atoms with Gasteiger partial charge in [0.1, 0.15) is 0 Å². The Bertz CT molecular complexity index is 452. The van der Waals surface area contributed by atoms with Gasteiger partial charge in [0.15, 0.2) is 11.5 Å². The van der Waals surface area contributed by atoms with Gasteiger partial charge in [-0.3, -0.25) is 4.79 Å². The van der Waals surface area contributed by atoms with E-state index in [4.69, 9.17) is 14.2 Å². The molecular weight excluding hydrogens is 258 g/mol. The highest BCUT2D eigenvalue weighted by Crippen LogP contribution is 2.38. The van der Waals surface area contributed by atoms with Crippen LogP contribution in [-0.4, -0.2) is 27.2 Å². The fourth-order valence-corrected chi connectivity index (χ4v) is 1.68. The van der Waals surface area contributed by atoms with Crippen LogP contribution in [0.25, 0.3) is 0 Å². The third-order valence-corrected chi connectivity index (χ3v) is 2.86. The minimum absolute atomic E-state index is 0.00810. The third kappa shape index (κ3) is 3.79. The van der Waals surface area contributed by atoms with Gasteiger partial charge >= 0.3 is 0 Å². The molecule has 5 heteroatoms. The number of rotatable bonds is 5. The number of ether oxygens (including phenoxy) is 3. The van der Waals surface area contributed by atoms with Crippen LogP contribution < -0.4 is 19.5 Å². The molecule has 0 atom stereocenters. The average molecular weight is 281 g/mol. The van der Waals surface area contributed by atoms with Gasteiger partial charge in [0.05, 0.1) is 21.3 Å². The lowest BCUT2D eigenvalue weighted by atomic mass is 9.95. The molecule has 0 saturated carbocycles. The topological polar surface area (TPSA) is 56.8 Å². The van der Waals surface area contributed by atoms with Crippen LogP contribution in [0.5, 0.6) is 17.2 Å². The third-order valence-electron chi connectivity index (χ3n) is 2.86. The number of amides is 1. The number of hydrogen-bond acceptors (Lipinski definition) is 4. The van der Waals surface area contributed by atoms with Gasteiger partial charge < -0.3 is 19.5 Å². The highest BCUT2D eigenvalue weighted by Gasteiger charge is 2.21. The summed E-state index contributed by atoms with van der Waals surface area (Å²) in [5, 5.41) is 2.89. The van der Waals surface area contributed by atoms with E-state index >= 15 is 0 Å². The summed E-state index contributed by atoms with van der Waals surface area (Å²) in [6, 6.07) is 3.65. The second kappa shape index (κ2) is 6.50. The molecule has 0 bridgehead atoms. The summed E-state index contributed by atoms with van der Waals surface area (Å²) in [6.45, 7) is 6.03. The zero-order valence-electron chi connectivity index (χ0n) is 13.0. The quantitative estimate of drug-likeness (QED) is 0.900. The highest BCUT2D eigenvalue weighted by molar-refractivity contribution is 5.81. The Kier molecular flexibility index (Phi) is 5.25. The largest absolute Gasteiger partial charge is 0.493 e. The second-order valence-corrected chi connectivity index (χ2v) is 5.47. The summed E-state index contributed by atoms with van der Waals surface area (Å²) in [7, 11) is 4.69. The van der Waals surface area contributed by atoms with E-state index in [1.165, 1.54) is 0 Å². The molecule has 5 nitrogen and oxygen atoms in total. The number of hydrogen-bond donors (Lipinski definition) is 1. The van der Waals surface area contributed by atoms with Gasteiger partial charge in [-0.15, -0.1) is 0 Å². The molecule has 0 radical (unpaired) electrons. The molecule has 0 fully saturated rings. The van der Waals surface area contributed by atoms with Crippen molar-refractivity contribution in [3.63, 3.8) is 0 Å². The van der Waals surface area contributed by atoms with Crippen molar-refractivity contribution in [2.75, 3.05) is 21.3 Å². The molecule has 0 aliphatic heterocycles. The summed E-state index contributed by atoms with van der Waals surface area (Å²) < 4.78 is 15.8. The molecule has 112 valence electrons. The lowest BCUT2D eigenvalue weighted by Crippen LogP contribution is -2.34. The van der Waals surface area contributed by atoms with Gasteiger partial charge in [-0.05, 0) is 17.7 Å². The molecule has 1 aromatic rings. The highest BCUT2D eigenvalue weighted by atomic mass is 16.5. The molecule has 0 aromatic heterocycles. The summed E-state index contributed by atoms with van der Waals surface area (Å²) >= 11 is 0. The number of benzene rings is 1. The van der Waals surface area contributed by atoms with Gasteiger partial charge in [0.2, 0.25) is 11.7 Å². The van der Waals surface area contributed by atoms with Crippen LogP contribution in [0.4, 0.5) is 0 Å². The predicted octanol–water partition coefficient (Wildman–Crippen LogP) is 2.37. The first-order chi connectivity index (χ1) is 9.33. The van der Waals surface area contributed by atoms with Crippen molar-refractivity contribution in [3.05, 3.63) is 17.7 Å². The maximum absolute atomic E-state index is 11.9. The maximum atomic E-state index is 11.9. The van der Waals surface area contributed by atoms with Crippen molar-refractivity contribution in [3.8, 4) is 17.2 Å². The van der Waals surface area contributed by atoms with Crippen molar-refractivity contribution >= 4 is 5.91 Å². The van der Waals surface area contributed by atoms with Crippen LogP contribution in [0.3, 0.4) is 0 Å². The fraction of sp³-hybridized carbons (Fsp3) is 0.533. The first-order valence-corrected chi connectivity index (χ1v) is 6.40. The molecule has 0 heterocycles. The van der Waals surface area contributed by atoms with E-state index < -0.39 is 5.41 Å². The zero-order valence-corrected chi connectivity index (χ0v) is 13.0. The van der Waals surface area contributed by atoms with E-state index in [1.807, 2.05) is 32.9 Å². The summed E-state index contributed by atoms with van der Waals surface area (Å²) in [5.41, 5.74) is 0.470. The number of carbonyl (C=O) groups excluding carboxylic acids is 1. The Morgan fingerprint density at radius 3 is 1.90 bits per heavy atom. The second-order valence-electron chi connectivity index (χ2n) is 5.47. The standard InChI is InChI=1S/C15H23NO4/c1-15(2,3)14(17)16-9-10-7-11(18-4)13(20-6)12(8-10)19-5/h7-8H,9H2,1-6H3,(H,16,17). The van der Waals surface area contributed by atoms with Crippen molar-refractivity contribution < 1.29 is 19.0 Å². The van der Waals surface area contributed by atoms with E-state index in [-0.39, 0.29) is 5.91 Å². The SMILES string of the molecule is COc1cc(CNC(=O)C(C)(C)C)cc(OC)c1OC. The molecule has 0 saturated heterocycles. The van der Waals surface area contributed by atoms with Gasteiger partial charge in [0.25, 0.3) is 0 Å². The fourth-order valence-electron chi connectivity index (χ4n) is 1.68. The molecule has 1 aromatic carbocycles. The van der Waals surface area contributed by atoms with Crippen molar-refractivity contribution in [2.24, 2.45) is 5.41 Å². The normalized spacial score (nSPS) is 10.9. The van der Waals surface area contributed by atoms with Crippen molar-refractivity contribution in [2.45, 2.75) is 27.3 Å². The first kappa shape index (κ1) is 16.1. The Morgan fingerprint density at radius 2 is 1.55 bits per heavy atom. The summed E-state index contributed by atoms with van der Waals surface area (Å²) in [5.74, 6) is 1.69. The lowest BCUT2D eigenvalue weighted by Gasteiger charge is -2.18. The first-order valence-electron chi connectivity index (χ1n) is 6.40. The van der Waals surface area contributed by atoms with Crippen LogP contribution in [0.2, 0.25) is 0 Å². The van der Waals surface area contributed by atoms with E-state index in [0.717, 1.165) is 5.56 Å². The van der Waals surface area contributed by atoms with Crippen LogP contribution in [-0.2, 0) is 11.3 Å². The molecule has 0 aliphatic rings. The minimum Gasteiger partial charge on any atom is -0.493 e. The number of carbonyl (C=O) groups is 1. The van der Waals surface area contributed by atoms with E-state index in [1.54, 1.807) is 21.3 Å². The monoisotopic (exact) mass is 281 g/mol. The van der Waals surface area contributed by atoms with Crippen LogP contribution in [0, 0.1) is 5.41 Å². The molecule has 0 unspecified atom stereocenters. The molecular formula is C15H23NO4. The molecule has 0 aliphatic carbocycles. The van der Waals surface area contributed by atoms with Gasteiger partial charge in [0, 0.05) is 12.0 Å². The molecule has 1 N–H and O–H groups in total. The van der Waals surface area contributed by atoms with Crippen molar-refractivity contribution in [1.82, 2.24) is 5.32 Å². The Morgan fingerprint density at radius 1 is 1.05 bits per heavy atom.